The van der Waals surface area contributed by atoms with Crippen molar-refractivity contribution >= 4 is 18.1 Å². The van der Waals surface area contributed by atoms with Gasteiger partial charge < -0.3 is 9.15 Å². The zero-order chi connectivity index (χ0) is 12.5. The van der Waals surface area contributed by atoms with Crippen LogP contribution in [0, 0.1) is 0 Å². The van der Waals surface area contributed by atoms with Gasteiger partial charge in [-0.2, -0.15) is 0 Å². The van der Waals surface area contributed by atoms with E-state index >= 15 is 0 Å². The van der Waals surface area contributed by atoms with E-state index in [4.69, 9.17) is 16.0 Å². The molecule has 0 saturated heterocycles. The normalized spacial score (nSPS) is 9.06. The molecule has 0 aliphatic rings. The fourth-order valence-electron chi connectivity index (χ4n) is 0.959. The van der Waals surface area contributed by atoms with Crippen LogP contribution in [-0.4, -0.2) is 23.3 Å². The number of carbonyl (C=O) groups is 1. The molecular formula is C11H11ClN2O3. The van der Waals surface area contributed by atoms with Crippen molar-refractivity contribution < 1.29 is 13.9 Å². The van der Waals surface area contributed by atoms with Crippen LogP contribution in [0.3, 0.4) is 0 Å². The number of hydrogen-bond donors (Lipinski definition) is 0. The minimum Gasteiger partial charge on any atom is -0.468 e. The van der Waals surface area contributed by atoms with Crippen molar-refractivity contribution in [2.75, 3.05) is 6.61 Å². The van der Waals surface area contributed by atoms with Gasteiger partial charge in [0.25, 0.3) is 6.47 Å². The van der Waals surface area contributed by atoms with Crippen LogP contribution in [-0.2, 0) is 9.53 Å². The van der Waals surface area contributed by atoms with Crippen LogP contribution in [0.4, 0.5) is 0 Å². The smallest absolute Gasteiger partial charge is 0.293 e. The van der Waals surface area contributed by atoms with Crippen LogP contribution in [0.1, 0.15) is 6.92 Å². The van der Waals surface area contributed by atoms with E-state index in [9.17, 15) is 4.79 Å². The van der Waals surface area contributed by atoms with Gasteiger partial charge in [-0.05, 0) is 31.2 Å². The summed E-state index contributed by atoms with van der Waals surface area (Å²) in [6, 6.07) is 7.22. The number of hydrogen-bond acceptors (Lipinski definition) is 5. The van der Waals surface area contributed by atoms with Gasteiger partial charge in [-0.25, -0.2) is 0 Å². The number of rotatable bonds is 3. The lowest BCUT2D eigenvalue weighted by Crippen LogP contribution is -1.80. The Labute approximate surface area is 103 Å². The summed E-state index contributed by atoms with van der Waals surface area (Å²) in [4.78, 5) is 9.18. The largest absolute Gasteiger partial charge is 0.468 e. The van der Waals surface area contributed by atoms with Gasteiger partial charge in [0.15, 0.2) is 0 Å². The van der Waals surface area contributed by atoms with Crippen molar-refractivity contribution in [2.24, 2.45) is 0 Å². The molecule has 0 radical (unpaired) electrons. The van der Waals surface area contributed by atoms with Crippen molar-refractivity contribution in [3.05, 3.63) is 35.7 Å². The van der Waals surface area contributed by atoms with Gasteiger partial charge in [0.2, 0.25) is 12.3 Å². The highest BCUT2D eigenvalue weighted by atomic mass is 35.5. The molecule has 0 aliphatic carbocycles. The lowest BCUT2D eigenvalue weighted by Gasteiger charge is -1.92. The van der Waals surface area contributed by atoms with Crippen molar-refractivity contribution in [1.82, 2.24) is 10.2 Å². The Hall–Kier alpha value is -1.88. The molecule has 0 spiro atoms. The first kappa shape index (κ1) is 13.2. The standard InChI is InChI=1S/C8H5ClN2O.C3H6O2/c9-7-3-1-6(2-4-7)8-11-10-5-12-8;1-2-5-3-4/h1-5H;3H,2H2,1H3. The molecule has 0 unspecified atom stereocenters. The van der Waals surface area contributed by atoms with Crippen molar-refractivity contribution in [3.63, 3.8) is 0 Å². The van der Waals surface area contributed by atoms with Gasteiger partial charge in [-0.1, -0.05) is 11.6 Å². The third kappa shape index (κ3) is 4.65. The summed E-state index contributed by atoms with van der Waals surface area (Å²) in [6.07, 6.45) is 1.30. The van der Waals surface area contributed by atoms with E-state index in [1.807, 2.05) is 12.1 Å². The van der Waals surface area contributed by atoms with E-state index in [0.29, 0.717) is 24.0 Å². The Morgan fingerprint density at radius 3 is 2.53 bits per heavy atom. The number of nitrogens with zero attached hydrogens (tertiary/aromatic N) is 2. The predicted octanol–water partition coefficient (Wildman–Crippen LogP) is 2.57. The van der Waals surface area contributed by atoms with Crippen LogP contribution in [0.25, 0.3) is 11.5 Å². The molecular weight excluding hydrogens is 244 g/mol. The van der Waals surface area contributed by atoms with E-state index in [1.165, 1.54) is 6.39 Å². The first-order chi connectivity index (χ1) is 8.27. The lowest BCUT2D eigenvalue weighted by molar-refractivity contribution is -0.128. The summed E-state index contributed by atoms with van der Waals surface area (Å²) in [5, 5.41) is 8.02. The molecule has 2 aromatic rings. The van der Waals surface area contributed by atoms with E-state index in [1.54, 1.807) is 19.1 Å². The minimum atomic E-state index is 0.431. The molecule has 90 valence electrons. The SMILES string of the molecule is CCOC=O.Clc1ccc(-c2nnco2)cc1. The zero-order valence-electron chi connectivity index (χ0n) is 9.17. The van der Waals surface area contributed by atoms with Gasteiger partial charge in [0.05, 0.1) is 6.61 Å². The summed E-state index contributed by atoms with van der Waals surface area (Å²) in [6.45, 7) is 2.66. The molecule has 17 heavy (non-hydrogen) atoms. The van der Waals surface area contributed by atoms with E-state index in [-0.39, 0.29) is 0 Å². The van der Waals surface area contributed by atoms with E-state index in [2.05, 4.69) is 14.9 Å². The highest BCUT2D eigenvalue weighted by molar-refractivity contribution is 6.30. The maximum atomic E-state index is 9.18. The first-order valence-corrected chi connectivity index (χ1v) is 5.23. The summed E-state index contributed by atoms with van der Waals surface area (Å²) in [5.41, 5.74) is 0.872. The van der Waals surface area contributed by atoms with E-state index < -0.39 is 0 Å². The van der Waals surface area contributed by atoms with Gasteiger partial charge >= 0.3 is 0 Å². The Morgan fingerprint density at radius 2 is 2.12 bits per heavy atom. The number of halogens is 1. The van der Waals surface area contributed by atoms with Crippen molar-refractivity contribution in [3.8, 4) is 11.5 Å². The van der Waals surface area contributed by atoms with Crippen LogP contribution in [0.15, 0.2) is 35.1 Å². The number of carbonyl (C=O) groups excluding carboxylic acids is 1. The molecule has 0 bridgehead atoms. The van der Waals surface area contributed by atoms with Crippen molar-refractivity contribution in [2.45, 2.75) is 6.92 Å². The highest BCUT2D eigenvalue weighted by Crippen LogP contribution is 2.18. The number of ether oxygens (including phenoxy) is 1. The second kappa shape index (κ2) is 7.40. The van der Waals surface area contributed by atoms with E-state index in [0.717, 1.165) is 5.56 Å². The average molecular weight is 255 g/mol. The molecule has 0 fully saturated rings. The average Bonchev–Trinajstić information content (AvgIpc) is 2.85. The van der Waals surface area contributed by atoms with Crippen molar-refractivity contribution in [1.29, 1.82) is 0 Å². The molecule has 0 amide bonds. The van der Waals surface area contributed by atoms with Crippen LogP contribution < -0.4 is 0 Å². The first-order valence-electron chi connectivity index (χ1n) is 4.85. The second-order valence-corrected chi connectivity index (χ2v) is 3.24. The fourth-order valence-corrected chi connectivity index (χ4v) is 1.09. The second-order valence-electron chi connectivity index (χ2n) is 2.80. The Kier molecular flexibility index (Phi) is 5.74. The molecule has 5 nitrogen and oxygen atoms in total. The topological polar surface area (TPSA) is 65.2 Å². The Balaban J connectivity index is 0.000000249. The Bertz CT molecular complexity index is 428. The van der Waals surface area contributed by atoms with Crippen LogP contribution in [0.2, 0.25) is 5.02 Å². The maximum absolute atomic E-state index is 9.18. The molecule has 1 aromatic heterocycles. The fraction of sp³-hybridized carbons (Fsp3) is 0.182. The van der Waals surface area contributed by atoms with Gasteiger partial charge in [0.1, 0.15) is 0 Å². The van der Waals surface area contributed by atoms with Crippen LogP contribution in [0.5, 0.6) is 0 Å². The zero-order valence-corrected chi connectivity index (χ0v) is 9.92. The highest BCUT2D eigenvalue weighted by Gasteiger charge is 2.01. The third-order valence-electron chi connectivity index (χ3n) is 1.69. The lowest BCUT2D eigenvalue weighted by atomic mass is 10.2. The molecule has 0 aliphatic heterocycles. The summed E-state index contributed by atoms with van der Waals surface area (Å²) in [5.74, 6) is 0.506. The minimum absolute atomic E-state index is 0.431. The Morgan fingerprint density at radius 1 is 1.41 bits per heavy atom. The predicted molar refractivity (Wildman–Crippen MR) is 62.4 cm³/mol. The molecule has 6 heteroatoms. The van der Waals surface area contributed by atoms with Gasteiger partial charge in [-0.3, -0.25) is 4.79 Å². The van der Waals surface area contributed by atoms with Gasteiger partial charge in [-0.15, -0.1) is 10.2 Å². The summed E-state index contributed by atoms with van der Waals surface area (Å²) >= 11 is 5.71. The molecule has 1 heterocycles. The van der Waals surface area contributed by atoms with Gasteiger partial charge in [0, 0.05) is 10.6 Å². The number of benzene rings is 1. The summed E-state index contributed by atoms with van der Waals surface area (Å²) in [7, 11) is 0. The number of aromatic nitrogens is 2. The molecule has 0 saturated carbocycles. The molecule has 2 rings (SSSR count). The molecule has 1 aromatic carbocycles. The molecule has 0 N–H and O–H groups in total. The monoisotopic (exact) mass is 254 g/mol. The van der Waals surface area contributed by atoms with Crippen LogP contribution >= 0.6 is 11.6 Å². The third-order valence-corrected chi connectivity index (χ3v) is 1.94. The quantitative estimate of drug-likeness (QED) is 0.788. The maximum Gasteiger partial charge on any atom is 0.293 e. The summed E-state index contributed by atoms with van der Waals surface area (Å²) < 4.78 is 9.15. The molecule has 0 atom stereocenters.